The molecule has 0 saturated carbocycles. The van der Waals surface area contributed by atoms with Gasteiger partial charge in [-0.1, -0.05) is 19.8 Å². The maximum atomic E-state index is 10.0. The summed E-state index contributed by atoms with van der Waals surface area (Å²) < 4.78 is 19.7. The van der Waals surface area contributed by atoms with Gasteiger partial charge >= 0.3 is 124 Å². The maximum Gasteiger partial charge on any atom is 1.00 e. The van der Waals surface area contributed by atoms with E-state index in [0.29, 0.717) is 26.1 Å². The van der Waals surface area contributed by atoms with Gasteiger partial charge in [0, 0.05) is 42.9 Å². The average Bonchev–Trinajstić information content (AvgIpc) is 3.35. The summed E-state index contributed by atoms with van der Waals surface area (Å²) in [7, 11) is 0.228. The summed E-state index contributed by atoms with van der Waals surface area (Å²) in [5, 5.41) is 8.20. The molecule has 0 amide bonds. The molecular formula is C17H42B4Na4O8. The summed E-state index contributed by atoms with van der Waals surface area (Å²) in [5.74, 6) is -0.0463. The van der Waals surface area contributed by atoms with Crippen molar-refractivity contribution in [2.75, 3.05) is 26.4 Å². The number of hydrogen-bond acceptors (Lipinski definition) is 7. The number of aliphatic hydroxyl groups is 1. The fourth-order valence-electron chi connectivity index (χ4n) is 1.55. The minimum absolute atomic E-state index is 0. The summed E-state index contributed by atoms with van der Waals surface area (Å²) >= 11 is 0. The smallest absolute Gasteiger partial charge is 1.00 e. The first-order chi connectivity index (χ1) is 12.7. The first-order valence-corrected chi connectivity index (χ1v) is 8.67. The van der Waals surface area contributed by atoms with E-state index in [1.54, 1.807) is 0 Å². The van der Waals surface area contributed by atoms with Crippen LogP contribution in [0.5, 0.6) is 0 Å². The van der Waals surface area contributed by atoms with Gasteiger partial charge in [0.15, 0.2) is 0 Å². The van der Waals surface area contributed by atoms with Gasteiger partial charge in [0.2, 0.25) is 0 Å². The minimum Gasteiger partial charge on any atom is -1.00 e. The Kier molecular flexibility index (Phi) is 102. The summed E-state index contributed by atoms with van der Waals surface area (Å²) in [5.41, 5.74) is 0. The Morgan fingerprint density at radius 3 is 1.91 bits per heavy atom. The van der Waals surface area contributed by atoms with Crippen LogP contribution in [0, 0.1) is 0 Å². The SMILES string of the molecule is CCCCCO.O.O=C1CCCO1.[BH3-]OC1CCCO1.[BH3-]OCCCC=O.[B].[B].[H-].[H-].[Na+].[Na+].[Na+].[Na+]. The number of rotatable bonds is 8. The van der Waals surface area contributed by atoms with Crippen LogP contribution in [0.15, 0.2) is 0 Å². The summed E-state index contributed by atoms with van der Waals surface area (Å²) in [6.07, 6.45) is 9.89. The van der Waals surface area contributed by atoms with Crippen molar-refractivity contribution in [3.63, 3.8) is 0 Å². The summed E-state index contributed by atoms with van der Waals surface area (Å²) in [4.78, 5) is 19.7. The predicted molar refractivity (Wildman–Crippen MR) is 125 cm³/mol. The van der Waals surface area contributed by atoms with E-state index in [-0.39, 0.29) is 172 Å². The molecule has 2 heterocycles. The largest absolute Gasteiger partial charge is 1.00 e. The number of carbonyl (C=O) groups excluding carboxylic acids is 2. The van der Waals surface area contributed by atoms with Gasteiger partial charge in [-0.05, 0) is 38.7 Å². The molecule has 8 nitrogen and oxygen atoms in total. The van der Waals surface area contributed by atoms with Crippen molar-refractivity contribution in [1.82, 2.24) is 0 Å². The van der Waals surface area contributed by atoms with Crippen LogP contribution in [0.1, 0.15) is 67.6 Å². The number of aldehydes is 1. The van der Waals surface area contributed by atoms with Gasteiger partial charge in [-0.15, -0.1) is 0 Å². The molecule has 6 radical (unpaired) electrons. The van der Waals surface area contributed by atoms with Gasteiger partial charge in [-0.25, -0.2) is 0 Å². The minimum atomic E-state index is -0.0463. The van der Waals surface area contributed by atoms with E-state index in [1.807, 2.05) is 0 Å². The van der Waals surface area contributed by atoms with Gasteiger partial charge in [0.05, 0.1) is 22.7 Å². The Hall–Kier alpha value is 3.20. The maximum absolute atomic E-state index is 10.0. The normalized spacial score (nSPS) is 13.9. The van der Waals surface area contributed by atoms with E-state index in [9.17, 15) is 9.59 Å². The van der Waals surface area contributed by atoms with Gasteiger partial charge in [0.1, 0.15) is 12.6 Å². The molecule has 0 bridgehead atoms. The molecule has 3 N–H and O–H groups in total. The molecule has 2 fully saturated rings. The number of cyclic esters (lactones) is 1. The Labute approximate surface area is 298 Å². The fourth-order valence-corrected chi connectivity index (χ4v) is 1.55. The van der Waals surface area contributed by atoms with Crippen LogP contribution >= 0.6 is 0 Å². The van der Waals surface area contributed by atoms with Gasteiger partial charge in [0.25, 0.3) is 0 Å². The average molecular weight is 510 g/mol. The first kappa shape index (κ1) is 60.6. The number of carbonyl (C=O) groups is 2. The van der Waals surface area contributed by atoms with Gasteiger partial charge in [-0.3, -0.25) is 4.79 Å². The van der Waals surface area contributed by atoms with Crippen LogP contribution in [0.2, 0.25) is 0 Å². The number of aliphatic hydroxyl groups excluding tert-OH is 1. The zero-order valence-corrected chi connectivity index (χ0v) is 28.4. The number of hydrogen-bond donors (Lipinski definition) is 1. The third-order valence-corrected chi connectivity index (χ3v) is 2.90. The fraction of sp³-hybridized carbons (Fsp3) is 0.882. The van der Waals surface area contributed by atoms with Crippen molar-refractivity contribution in [2.24, 2.45) is 0 Å². The second kappa shape index (κ2) is 55.6. The van der Waals surface area contributed by atoms with E-state index in [2.05, 4.69) is 11.7 Å². The molecule has 0 aromatic carbocycles. The van der Waals surface area contributed by atoms with Crippen molar-refractivity contribution >= 4 is 45.2 Å². The summed E-state index contributed by atoms with van der Waals surface area (Å²) in [6, 6.07) is 0. The van der Waals surface area contributed by atoms with E-state index in [1.165, 1.54) is 12.8 Å². The molecule has 1 unspecified atom stereocenters. The number of esters is 1. The Morgan fingerprint density at radius 1 is 1.09 bits per heavy atom. The molecule has 2 saturated heterocycles. The van der Waals surface area contributed by atoms with Crippen molar-refractivity contribution in [2.45, 2.75) is 71.0 Å². The van der Waals surface area contributed by atoms with Crippen molar-refractivity contribution < 1.29 is 160 Å². The summed E-state index contributed by atoms with van der Waals surface area (Å²) in [6.45, 7) is 4.83. The van der Waals surface area contributed by atoms with Crippen LogP contribution in [0.25, 0.3) is 0 Å². The molecule has 2 aliphatic rings. The molecule has 2 rings (SSSR count). The first-order valence-electron chi connectivity index (χ1n) is 8.67. The second-order valence-corrected chi connectivity index (χ2v) is 5.21. The Bertz CT molecular complexity index is 326. The van der Waals surface area contributed by atoms with E-state index in [0.717, 1.165) is 51.6 Å². The van der Waals surface area contributed by atoms with Crippen LogP contribution in [0.4, 0.5) is 0 Å². The van der Waals surface area contributed by atoms with E-state index < -0.39 is 0 Å². The van der Waals surface area contributed by atoms with Crippen LogP contribution < -0.4 is 118 Å². The third kappa shape index (κ3) is 56.5. The molecule has 0 aliphatic carbocycles. The monoisotopic (exact) mass is 510 g/mol. The quantitative estimate of drug-likeness (QED) is 0.149. The molecule has 174 valence electrons. The molecule has 2 aliphatic heterocycles. The van der Waals surface area contributed by atoms with Gasteiger partial charge < -0.3 is 37.0 Å². The zero-order chi connectivity index (χ0) is 19.9. The van der Waals surface area contributed by atoms with Crippen LogP contribution in [0.3, 0.4) is 0 Å². The van der Waals surface area contributed by atoms with Crippen molar-refractivity contribution in [3.8, 4) is 0 Å². The van der Waals surface area contributed by atoms with Gasteiger partial charge in [-0.2, -0.15) is 0 Å². The zero-order valence-electron chi connectivity index (χ0n) is 22.4. The molecule has 1 atom stereocenters. The molecule has 0 aromatic heterocycles. The predicted octanol–water partition coefficient (Wildman–Crippen LogP) is -13.2. The third-order valence-electron chi connectivity index (χ3n) is 2.90. The van der Waals surface area contributed by atoms with Crippen LogP contribution in [-0.4, -0.2) is 88.5 Å². The standard InChI is InChI=1S/C5H12O.2C4H10BO2.C4H6O2.2B.4Na.H2O.2H/c1-2-3-4-5-6;5-7-4-2-1-3-6-4;5-7-4-2-1-3-6;5-4-2-1-3-6-4;;;;;;;;;/h6H,2-5H2,1H3;4H,1-3H2,5H3;3H,1-2,4H2,5H3;1-3H2;;;;;;;1H2;;/q;2*-1;;;;4*+1;;2*-1. The Balaban J connectivity index is -0.0000000225. The van der Waals surface area contributed by atoms with E-state index >= 15 is 0 Å². The van der Waals surface area contributed by atoms with Crippen molar-refractivity contribution in [3.05, 3.63) is 0 Å². The van der Waals surface area contributed by atoms with E-state index in [4.69, 9.17) is 19.2 Å². The van der Waals surface area contributed by atoms with Crippen LogP contribution in [-0.2, 0) is 28.4 Å². The Morgan fingerprint density at radius 2 is 1.70 bits per heavy atom. The molecule has 0 spiro atoms. The number of ether oxygens (including phenoxy) is 2. The topological polar surface area (TPSA) is 123 Å². The molecular weight excluding hydrogens is 467 g/mol. The van der Waals surface area contributed by atoms with Crippen molar-refractivity contribution in [1.29, 1.82) is 0 Å². The molecule has 33 heavy (non-hydrogen) atoms. The molecule has 0 aromatic rings. The number of unbranched alkanes of at least 4 members (excludes halogenated alkanes) is 3. The second-order valence-electron chi connectivity index (χ2n) is 5.21. The molecule has 16 heteroatoms.